The van der Waals surface area contributed by atoms with Crippen molar-refractivity contribution in [2.24, 2.45) is 5.73 Å². The summed E-state index contributed by atoms with van der Waals surface area (Å²) in [6.45, 7) is -0.560. The van der Waals surface area contributed by atoms with Crippen LogP contribution in [-0.4, -0.2) is 86.3 Å². The number of amides is 3. The first-order valence-electron chi connectivity index (χ1n) is 12.1. The van der Waals surface area contributed by atoms with Crippen molar-refractivity contribution in [2.45, 2.75) is 49.9 Å². The summed E-state index contributed by atoms with van der Waals surface area (Å²) in [6.07, 6.45) is 0.881. The van der Waals surface area contributed by atoms with Crippen LogP contribution in [0, 0.1) is 0 Å². The molecule has 0 spiro atoms. The van der Waals surface area contributed by atoms with Gasteiger partial charge >= 0.3 is 5.97 Å². The first kappa shape index (κ1) is 28.4. The van der Waals surface area contributed by atoms with Crippen LogP contribution in [-0.2, 0) is 32.0 Å². The third kappa shape index (κ3) is 7.43. The van der Waals surface area contributed by atoms with E-state index in [2.05, 4.69) is 10.6 Å². The third-order valence-electron chi connectivity index (χ3n) is 6.36. The van der Waals surface area contributed by atoms with Gasteiger partial charge in [0.25, 0.3) is 0 Å². The first-order chi connectivity index (χ1) is 18.1. The topological polar surface area (TPSA) is 203 Å². The summed E-state index contributed by atoms with van der Waals surface area (Å²) in [5.74, 6) is -3.24. The molecule has 0 aliphatic carbocycles. The van der Waals surface area contributed by atoms with E-state index in [1.807, 2.05) is 0 Å². The molecule has 12 nitrogen and oxygen atoms in total. The number of carbonyl (C=O) groups excluding carboxylic acids is 3. The Morgan fingerprint density at radius 2 is 1.39 bits per heavy atom. The Bertz CT molecular complexity index is 1140. The molecule has 1 heterocycles. The Labute approximate surface area is 219 Å². The third-order valence-corrected chi connectivity index (χ3v) is 6.36. The van der Waals surface area contributed by atoms with Crippen molar-refractivity contribution in [1.82, 2.24) is 15.5 Å². The Morgan fingerprint density at radius 1 is 0.868 bits per heavy atom. The largest absolute Gasteiger partial charge is 0.508 e. The summed E-state index contributed by atoms with van der Waals surface area (Å²) in [7, 11) is 0. The zero-order chi connectivity index (χ0) is 27.8. The molecule has 4 unspecified atom stereocenters. The SMILES string of the molecule is NC(Cc1ccc(O)cc1)C(=O)NC(CO)C(=O)NC(Cc1ccc(O)cc1)C(=O)N1CCCC1C(=O)O. The van der Waals surface area contributed by atoms with E-state index in [4.69, 9.17) is 5.73 Å². The number of phenolic OH excluding ortho intramolecular Hbond substituents is 2. The lowest BCUT2D eigenvalue weighted by atomic mass is 10.0. The van der Waals surface area contributed by atoms with Crippen molar-refractivity contribution in [3.05, 3.63) is 59.7 Å². The fraction of sp³-hybridized carbons (Fsp3) is 0.385. The van der Waals surface area contributed by atoms with E-state index in [0.717, 1.165) is 0 Å². The highest BCUT2D eigenvalue weighted by Gasteiger charge is 2.38. The second-order valence-electron chi connectivity index (χ2n) is 9.18. The summed E-state index contributed by atoms with van der Waals surface area (Å²) in [5.41, 5.74) is 7.22. The van der Waals surface area contributed by atoms with Crippen LogP contribution in [0.15, 0.2) is 48.5 Å². The van der Waals surface area contributed by atoms with E-state index < -0.39 is 54.5 Å². The Hall–Kier alpha value is -4.16. The fourth-order valence-corrected chi connectivity index (χ4v) is 4.28. The minimum atomic E-state index is -1.42. The average Bonchev–Trinajstić information content (AvgIpc) is 3.39. The number of carboxylic acids is 1. The molecule has 0 radical (unpaired) electrons. The minimum Gasteiger partial charge on any atom is -0.508 e. The average molecular weight is 529 g/mol. The number of phenols is 2. The van der Waals surface area contributed by atoms with Gasteiger partial charge in [0, 0.05) is 13.0 Å². The molecule has 1 fully saturated rings. The number of nitrogens with one attached hydrogen (secondary N) is 2. The van der Waals surface area contributed by atoms with Crippen molar-refractivity contribution in [3.8, 4) is 11.5 Å². The van der Waals surface area contributed by atoms with Gasteiger partial charge in [-0.25, -0.2) is 4.79 Å². The molecule has 204 valence electrons. The molecule has 12 heteroatoms. The normalized spacial score (nSPS) is 17.3. The molecule has 8 N–H and O–H groups in total. The second kappa shape index (κ2) is 12.9. The number of hydrogen-bond acceptors (Lipinski definition) is 8. The number of carboxylic acid groups (broad SMARTS) is 1. The van der Waals surface area contributed by atoms with E-state index >= 15 is 0 Å². The number of carbonyl (C=O) groups is 4. The van der Waals surface area contributed by atoms with Gasteiger partial charge in [-0.3, -0.25) is 14.4 Å². The molecule has 2 aromatic rings. The van der Waals surface area contributed by atoms with Gasteiger partial charge in [-0.1, -0.05) is 24.3 Å². The zero-order valence-corrected chi connectivity index (χ0v) is 20.6. The molecule has 0 bridgehead atoms. The summed E-state index contributed by atoms with van der Waals surface area (Å²) in [4.78, 5) is 51.8. The number of hydrogen-bond donors (Lipinski definition) is 7. The van der Waals surface area contributed by atoms with Crippen LogP contribution < -0.4 is 16.4 Å². The van der Waals surface area contributed by atoms with Crippen LogP contribution >= 0.6 is 0 Å². The van der Waals surface area contributed by atoms with Crippen molar-refractivity contribution < 1.29 is 39.6 Å². The molecule has 0 aromatic heterocycles. The number of nitrogens with zero attached hydrogens (tertiary/aromatic N) is 1. The van der Waals surface area contributed by atoms with Gasteiger partial charge in [0.2, 0.25) is 17.7 Å². The molecule has 2 aromatic carbocycles. The van der Waals surface area contributed by atoms with E-state index in [1.165, 1.54) is 29.2 Å². The number of likely N-dealkylation sites (tertiary alicyclic amines) is 1. The summed E-state index contributed by atoms with van der Waals surface area (Å²) < 4.78 is 0. The maximum atomic E-state index is 13.3. The predicted molar refractivity (Wildman–Crippen MR) is 135 cm³/mol. The molecular formula is C26H32N4O8. The fourth-order valence-electron chi connectivity index (χ4n) is 4.28. The quantitative estimate of drug-likeness (QED) is 0.196. The molecular weight excluding hydrogens is 496 g/mol. The maximum absolute atomic E-state index is 13.3. The first-order valence-corrected chi connectivity index (χ1v) is 12.1. The molecule has 4 atom stereocenters. The summed E-state index contributed by atoms with van der Waals surface area (Å²) in [5, 5.41) is 43.2. The number of aliphatic hydroxyl groups is 1. The number of aromatic hydroxyl groups is 2. The van der Waals surface area contributed by atoms with Crippen LogP contribution in [0.4, 0.5) is 0 Å². The summed E-state index contributed by atoms with van der Waals surface area (Å²) in [6, 6.07) is 7.37. The second-order valence-corrected chi connectivity index (χ2v) is 9.18. The van der Waals surface area contributed by atoms with Crippen LogP contribution in [0.1, 0.15) is 24.0 Å². The Kier molecular flexibility index (Phi) is 9.63. The van der Waals surface area contributed by atoms with Gasteiger partial charge in [0.1, 0.15) is 29.6 Å². The number of aliphatic hydroxyl groups excluding tert-OH is 1. The van der Waals surface area contributed by atoms with Gasteiger partial charge in [-0.15, -0.1) is 0 Å². The highest BCUT2D eigenvalue weighted by Crippen LogP contribution is 2.20. The lowest BCUT2D eigenvalue weighted by molar-refractivity contribution is -0.149. The van der Waals surface area contributed by atoms with Gasteiger partial charge in [-0.05, 0) is 54.7 Å². The molecule has 1 aliphatic heterocycles. The van der Waals surface area contributed by atoms with E-state index in [1.54, 1.807) is 24.3 Å². The van der Waals surface area contributed by atoms with Gasteiger partial charge in [0.15, 0.2) is 0 Å². The highest BCUT2D eigenvalue weighted by atomic mass is 16.4. The number of rotatable bonds is 11. The van der Waals surface area contributed by atoms with Crippen molar-refractivity contribution in [3.63, 3.8) is 0 Å². The Balaban J connectivity index is 1.71. The van der Waals surface area contributed by atoms with Crippen LogP contribution in [0.2, 0.25) is 0 Å². The maximum Gasteiger partial charge on any atom is 0.326 e. The van der Waals surface area contributed by atoms with Crippen LogP contribution in [0.5, 0.6) is 11.5 Å². The number of aliphatic carboxylic acids is 1. The van der Waals surface area contributed by atoms with E-state index in [0.29, 0.717) is 17.5 Å². The van der Waals surface area contributed by atoms with Crippen molar-refractivity contribution >= 4 is 23.7 Å². The smallest absolute Gasteiger partial charge is 0.326 e. The van der Waals surface area contributed by atoms with Crippen molar-refractivity contribution in [2.75, 3.05) is 13.2 Å². The predicted octanol–water partition coefficient (Wildman–Crippen LogP) is -0.752. The molecule has 3 amide bonds. The van der Waals surface area contributed by atoms with Crippen LogP contribution in [0.3, 0.4) is 0 Å². The van der Waals surface area contributed by atoms with Gasteiger partial charge in [0.05, 0.1) is 12.6 Å². The minimum absolute atomic E-state index is 0.0119. The zero-order valence-electron chi connectivity index (χ0n) is 20.6. The lowest BCUT2D eigenvalue weighted by Gasteiger charge is -2.28. The van der Waals surface area contributed by atoms with Gasteiger partial charge in [-0.2, -0.15) is 0 Å². The lowest BCUT2D eigenvalue weighted by Crippen LogP contribution is -2.58. The molecule has 38 heavy (non-hydrogen) atoms. The molecule has 1 saturated heterocycles. The van der Waals surface area contributed by atoms with Crippen molar-refractivity contribution in [1.29, 1.82) is 0 Å². The van der Waals surface area contributed by atoms with E-state index in [9.17, 15) is 39.6 Å². The highest BCUT2D eigenvalue weighted by molar-refractivity contribution is 5.94. The number of nitrogens with two attached hydrogens (primary N) is 1. The monoisotopic (exact) mass is 528 g/mol. The van der Waals surface area contributed by atoms with E-state index in [-0.39, 0.29) is 37.3 Å². The molecule has 1 aliphatic rings. The molecule has 3 rings (SSSR count). The molecule has 0 saturated carbocycles. The Morgan fingerprint density at radius 3 is 1.92 bits per heavy atom. The standard InChI is InChI=1S/C26H32N4O8/c27-19(12-15-3-7-17(32)8-4-15)23(34)29-21(14-31)24(35)28-20(13-16-5-9-18(33)10-6-16)25(36)30-11-1-2-22(30)26(37)38/h3-10,19-22,31-33H,1-2,11-14,27H2,(H,28,35)(H,29,34)(H,37,38). The van der Waals surface area contributed by atoms with Gasteiger partial charge < -0.3 is 41.7 Å². The van der Waals surface area contributed by atoms with Crippen LogP contribution in [0.25, 0.3) is 0 Å². The summed E-state index contributed by atoms with van der Waals surface area (Å²) >= 11 is 0. The number of benzene rings is 2.